The molecule has 3 aromatic rings. The number of methoxy groups -OCH3 is 1. The first kappa shape index (κ1) is 16.8. The first-order valence-corrected chi connectivity index (χ1v) is 8.37. The Balaban J connectivity index is 1.80. The van der Waals surface area contributed by atoms with Gasteiger partial charge in [0.25, 0.3) is 0 Å². The highest BCUT2D eigenvalue weighted by Gasteiger charge is 2.14. The molecule has 0 fully saturated rings. The molecular formula is C19H14FN3OS. The minimum Gasteiger partial charge on any atom is -0.497 e. The normalized spacial score (nSPS) is 12.0. The zero-order valence-electron chi connectivity index (χ0n) is 13.4. The first-order chi connectivity index (χ1) is 12.2. The van der Waals surface area contributed by atoms with Crippen LogP contribution >= 0.6 is 11.3 Å². The van der Waals surface area contributed by atoms with Crippen LogP contribution in [-0.4, -0.2) is 18.3 Å². The van der Waals surface area contributed by atoms with Crippen LogP contribution in [0.4, 0.5) is 10.1 Å². The number of nitrogens with zero attached hydrogens (tertiary/aromatic N) is 3. The predicted octanol–water partition coefficient (Wildman–Crippen LogP) is 4.97. The molecule has 0 saturated carbocycles. The predicted molar refractivity (Wildman–Crippen MR) is 97.0 cm³/mol. The molecule has 0 N–H and O–H groups in total. The Morgan fingerprint density at radius 2 is 2.08 bits per heavy atom. The lowest BCUT2D eigenvalue weighted by molar-refractivity contribution is 0.415. The molecule has 0 spiro atoms. The average Bonchev–Trinajstić information content (AvgIpc) is 3.12. The van der Waals surface area contributed by atoms with Crippen molar-refractivity contribution < 1.29 is 9.13 Å². The quantitative estimate of drug-likeness (QED) is 0.610. The molecule has 25 heavy (non-hydrogen) atoms. The maximum absolute atomic E-state index is 13.2. The Morgan fingerprint density at radius 3 is 2.76 bits per heavy atom. The number of halogens is 1. The molecule has 4 nitrogen and oxygen atoms in total. The molecule has 0 bridgehead atoms. The molecule has 1 heterocycles. The van der Waals surface area contributed by atoms with Gasteiger partial charge in [0.2, 0.25) is 0 Å². The lowest BCUT2D eigenvalue weighted by atomic mass is 10.1. The van der Waals surface area contributed by atoms with Crippen molar-refractivity contribution in [3.05, 3.63) is 64.7 Å². The number of hydrogen-bond donors (Lipinski definition) is 0. The van der Waals surface area contributed by atoms with Crippen molar-refractivity contribution in [2.24, 2.45) is 4.99 Å². The van der Waals surface area contributed by atoms with Crippen molar-refractivity contribution in [3.63, 3.8) is 0 Å². The van der Waals surface area contributed by atoms with E-state index < -0.39 is 5.92 Å². The zero-order chi connectivity index (χ0) is 17.6. The smallest absolute Gasteiger partial charge is 0.133 e. The van der Waals surface area contributed by atoms with Gasteiger partial charge in [0.15, 0.2) is 0 Å². The van der Waals surface area contributed by atoms with Crippen LogP contribution in [0.25, 0.3) is 11.3 Å². The molecule has 2 aromatic carbocycles. The summed E-state index contributed by atoms with van der Waals surface area (Å²) >= 11 is 1.40. The molecule has 0 aliphatic heterocycles. The fraction of sp³-hybridized carbons (Fsp3) is 0.105. The van der Waals surface area contributed by atoms with Crippen LogP contribution in [0.2, 0.25) is 0 Å². The fourth-order valence-corrected chi connectivity index (χ4v) is 3.03. The number of hydrogen-bond acceptors (Lipinski definition) is 5. The van der Waals surface area contributed by atoms with Gasteiger partial charge in [0.1, 0.15) is 22.5 Å². The van der Waals surface area contributed by atoms with E-state index in [1.165, 1.54) is 29.7 Å². The zero-order valence-corrected chi connectivity index (χ0v) is 14.2. The minimum atomic E-state index is -0.583. The topological polar surface area (TPSA) is 58.3 Å². The minimum absolute atomic E-state index is 0.362. The summed E-state index contributed by atoms with van der Waals surface area (Å²) in [7, 11) is 1.62. The SMILES string of the molecule is COc1ccc(-c2csc(C(C#N)C=Nc3cccc(F)c3)n2)cc1. The Bertz CT molecular complexity index is 928. The van der Waals surface area contributed by atoms with E-state index in [0.717, 1.165) is 17.0 Å². The number of aromatic nitrogens is 1. The van der Waals surface area contributed by atoms with Crippen molar-refractivity contribution >= 4 is 23.2 Å². The van der Waals surface area contributed by atoms with Crippen molar-refractivity contribution in [2.45, 2.75) is 5.92 Å². The molecule has 0 saturated heterocycles. The van der Waals surface area contributed by atoms with Crippen LogP contribution in [0.15, 0.2) is 58.9 Å². The molecule has 0 radical (unpaired) electrons. The van der Waals surface area contributed by atoms with Crippen molar-refractivity contribution in [3.8, 4) is 23.1 Å². The third-order valence-corrected chi connectivity index (χ3v) is 4.42. The standard InChI is InChI=1S/C19H14FN3OS/c1-24-17-7-5-13(6-8-17)18-12-25-19(23-18)14(10-21)11-22-16-4-2-3-15(20)9-16/h2-9,11-12,14H,1H3. The Kier molecular flexibility index (Phi) is 5.17. The van der Waals surface area contributed by atoms with Crippen molar-refractivity contribution in [1.82, 2.24) is 4.98 Å². The van der Waals surface area contributed by atoms with Crippen molar-refractivity contribution in [2.75, 3.05) is 7.11 Å². The van der Waals surface area contributed by atoms with Gasteiger partial charge in [-0.1, -0.05) is 6.07 Å². The van der Waals surface area contributed by atoms with E-state index in [1.54, 1.807) is 19.2 Å². The second kappa shape index (κ2) is 7.69. The van der Waals surface area contributed by atoms with Crippen LogP contribution < -0.4 is 4.74 Å². The maximum atomic E-state index is 13.2. The lowest BCUT2D eigenvalue weighted by Crippen LogP contribution is -1.96. The maximum Gasteiger partial charge on any atom is 0.133 e. The Labute approximate surface area is 148 Å². The molecular weight excluding hydrogens is 337 g/mol. The van der Waals surface area contributed by atoms with Crippen LogP contribution in [0.5, 0.6) is 5.75 Å². The van der Waals surface area contributed by atoms with E-state index in [0.29, 0.717) is 10.7 Å². The second-order valence-corrected chi connectivity index (χ2v) is 6.05. The third-order valence-electron chi connectivity index (χ3n) is 3.49. The number of nitriles is 1. The van der Waals surface area contributed by atoms with Gasteiger partial charge >= 0.3 is 0 Å². The van der Waals surface area contributed by atoms with E-state index in [1.807, 2.05) is 29.6 Å². The number of aliphatic imine (C=N–C) groups is 1. The highest BCUT2D eigenvalue weighted by molar-refractivity contribution is 7.10. The molecule has 0 amide bonds. The summed E-state index contributed by atoms with van der Waals surface area (Å²) in [6, 6.07) is 15.7. The summed E-state index contributed by atoms with van der Waals surface area (Å²) in [6.45, 7) is 0. The van der Waals surface area contributed by atoms with Gasteiger partial charge in [0, 0.05) is 17.2 Å². The summed E-state index contributed by atoms with van der Waals surface area (Å²) in [5.74, 6) is -0.171. The van der Waals surface area contributed by atoms with Crippen molar-refractivity contribution in [1.29, 1.82) is 5.26 Å². The van der Waals surface area contributed by atoms with Crippen LogP contribution in [-0.2, 0) is 0 Å². The van der Waals surface area contributed by atoms with Gasteiger partial charge in [-0.3, -0.25) is 4.99 Å². The largest absolute Gasteiger partial charge is 0.497 e. The molecule has 1 aromatic heterocycles. The monoisotopic (exact) mass is 351 g/mol. The summed E-state index contributed by atoms with van der Waals surface area (Å²) in [5.41, 5.74) is 2.20. The summed E-state index contributed by atoms with van der Waals surface area (Å²) in [5, 5.41) is 11.9. The van der Waals surface area contributed by atoms with Crippen LogP contribution in [0.1, 0.15) is 10.9 Å². The summed E-state index contributed by atoms with van der Waals surface area (Å²) < 4.78 is 18.3. The molecule has 0 aliphatic rings. The van der Waals surface area contributed by atoms with Crippen LogP contribution in [0.3, 0.4) is 0 Å². The Hall–Kier alpha value is -3.04. The van der Waals surface area contributed by atoms with E-state index in [2.05, 4.69) is 16.0 Å². The Morgan fingerprint density at radius 1 is 1.28 bits per heavy atom. The lowest BCUT2D eigenvalue weighted by Gasteiger charge is -2.01. The van der Waals surface area contributed by atoms with E-state index >= 15 is 0 Å². The van der Waals surface area contributed by atoms with E-state index in [4.69, 9.17) is 4.74 Å². The highest BCUT2D eigenvalue weighted by atomic mass is 32.1. The number of ether oxygens (including phenoxy) is 1. The average molecular weight is 351 g/mol. The van der Waals surface area contributed by atoms with Gasteiger partial charge in [-0.2, -0.15) is 5.26 Å². The molecule has 3 rings (SSSR count). The van der Waals surface area contributed by atoms with Gasteiger partial charge in [-0.15, -0.1) is 11.3 Å². The van der Waals surface area contributed by atoms with Gasteiger partial charge < -0.3 is 4.74 Å². The molecule has 0 aliphatic carbocycles. The number of thiazole rings is 1. The first-order valence-electron chi connectivity index (χ1n) is 7.49. The van der Waals surface area contributed by atoms with Gasteiger partial charge in [0.05, 0.1) is 24.6 Å². The van der Waals surface area contributed by atoms with Crippen LogP contribution in [0, 0.1) is 17.1 Å². The summed E-state index contributed by atoms with van der Waals surface area (Å²) in [4.78, 5) is 8.71. The van der Waals surface area contributed by atoms with E-state index in [-0.39, 0.29) is 5.82 Å². The molecule has 1 atom stereocenters. The summed E-state index contributed by atoms with van der Waals surface area (Å²) in [6.07, 6.45) is 1.49. The van der Waals surface area contributed by atoms with E-state index in [9.17, 15) is 9.65 Å². The third kappa shape index (κ3) is 4.08. The second-order valence-electron chi connectivity index (χ2n) is 5.16. The number of rotatable bonds is 5. The molecule has 1 unspecified atom stereocenters. The van der Waals surface area contributed by atoms with Gasteiger partial charge in [-0.25, -0.2) is 9.37 Å². The number of benzene rings is 2. The van der Waals surface area contributed by atoms with Gasteiger partial charge in [-0.05, 0) is 42.5 Å². The highest BCUT2D eigenvalue weighted by Crippen LogP contribution is 2.27. The molecule has 124 valence electrons. The fourth-order valence-electron chi connectivity index (χ4n) is 2.19. The molecule has 6 heteroatoms.